The molecule has 0 aromatic heterocycles. The van der Waals surface area contributed by atoms with Gasteiger partial charge in [0.15, 0.2) is 0 Å². The maximum Gasteiger partial charge on any atom is 0.136 e. The van der Waals surface area contributed by atoms with Crippen LogP contribution in [0.5, 0.6) is 0 Å². The van der Waals surface area contributed by atoms with Crippen LogP contribution in [0.15, 0.2) is 40.8 Å². The molecule has 0 spiro atoms. The first-order valence-electron chi connectivity index (χ1n) is 5.77. The number of nitrogens with zero attached hydrogens (tertiary/aromatic N) is 1. The fourth-order valence-electron chi connectivity index (χ4n) is 1.49. The third kappa shape index (κ3) is 4.05. The molecule has 0 N–H and O–H groups in total. The predicted octanol–water partition coefficient (Wildman–Crippen LogP) is 4.26. The molecule has 16 heavy (non-hydrogen) atoms. The van der Waals surface area contributed by atoms with E-state index in [0.29, 0.717) is 5.76 Å². The minimum absolute atomic E-state index is 0.611. The number of hydrogen-bond donors (Lipinski definition) is 0. The largest absolute Gasteiger partial charge is 0.495 e. The molecule has 0 aliphatic rings. The van der Waals surface area contributed by atoms with Crippen molar-refractivity contribution < 1.29 is 4.74 Å². The van der Waals surface area contributed by atoms with Crippen LogP contribution in [0.3, 0.4) is 0 Å². The summed E-state index contributed by atoms with van der Waals surface area (Å²) in [6, 6.07) is 0. The minimum Gasteiger partial charge on any atom is -0.495 e. The van der Waals surface area contributed by atoms with Crippen molar-refractivity contribution in [2.45, 2.75) is 40.5 Å². The highest BCUT2D eigenvalue weighted by molar-refractivity contribution is 6.00. The molecule has 0 saturated carbocycles. The summed E-state index contributed by atoms with van der Waals surface area (Å²) < 4.78 is 5.11. The van der Waals surface area contributed by atoms with Crippen molar-refractivity contribution in [1.29, 1.82) is 0 Å². The van der Waals surface area contributed by atoms with Gasteiger partial charge in [-0.15, -0.1) is 0 Å². The van der Waals surface area contributed by atoms with Gasteiger partial charge in [0.25, 0.3) is 0 Å². The molecule has 0 aromatic rings. The van der Waals surface area contributed by atoms with Crippen LogP contribution in [0, 0.1) is 0 Å². The number of allylic oxidation sites excluding steroid dienone is 3. The van der Waals surface area contributed by atoms with Gasteiger partial charge in [0, 0.05) is 5.71 Å². The highest BCUT2D eigenvalue weighted by Crippen LogP contribution is 2.15. The van der Waals surface area contributed by atoms with E-state index in [1.807, 2.05) is 19.9 Å². The van der Waals surface area contributed by atoms with E-state index >= 15 is 0 Å². The summed E-state index contributed by atoms with van der Waals surface area (Å²) in [5.41, 5.74) is 3.20. The van der Waals surface area contributed by atoms with Crippen LogP contribution in [-0.2, 0) is 4.74 Å². The van der Waals surface area contributed by atoms with Gasteiger partial charge in [0.1, 0.15) is 11.5 Å². The van der Waals surface area contributed by atoms with Crippen molar-refractivity contribution in [3.63, 3.8) is 0 Å². The van der Waals surface area contributed by atoms with Crippen molar-refractivity contribution in [3.05, 3.63) is 35.8 Å². The second-order valence-electron chi connectivity index (χ2n) is 3.38. The lowest BCUT2D eigenvalue weighted by Gasteiger charge is -2.10. The maximum atomic E-state index is 5.11. The van der Waals surface area contributed by atoms with Crippen LogP contribution in [0.25, 0.3) is 0 Å². The lowest BCUT2D eigenvalue weighted by molar-refractivity contribution is 0.302. The van der Waals surface area contributed by atoms with E-state index in [9.17, 15) is 0 Å². The summed E-state index contributed by atoms with van der Waals surface area (Å²) >= 11 is 0. The molecule has 0 aliphatic heterocycles. The second-order valence-corrected chi connectivity index (χ2v) is 3.38. The van der Waals surface area contributed by atoms with E-state index in [1.165, 1.54) is 5.57 Å². The molecule has 0 atom stereocenters. The summed E-state index contributed by atoms with van der Waals surface area (Å²) in [7, 11) is 1.61. The zero-order chi connectivity index (χ0) is 12.6. The predicted molar refractivity (Wildman–Crippen MR) is 71.7 cm³/mol. The maximum absolute atomic E-state index is 5.11. The summed E-state index contributed by atoms with van der Waals surface area (Å²) in [5, 5.41) is 0. The van der Waals surface area contributed by atoms with Gasteiger partial charge < -0.3 is 4.74 Å². The van der Waals surface area contributed by atoms with Crippen LogP contribution >= 0.6 is 0 Å². The molecule has 0 fully saturated rings. The number of ether oxygens (including phenoxy) is 1. The van der Waals surface area contributed by atoms with E-state index in [0.717, 1.165) is 24.3 Å². The van der Waals surface area contributed by atoms with Crippen molar-refractivity contribution >= 4 is 5.71 Å². The van der Waals surface area contributed by atoms with Crippen molar-refractivity contribution in [1.82, 2.24) is 0 Å². The van der Waals surface area contributed by atoms with E-state index in [4.69, 9.17) is 4.74 Å². The molecule has 0 bridgehead atoms. The van der Waals surface area contributed by atoms with Crippen molar-refractivity contribution in [2.75, 3.05) is 7.11 Å². The Labute approximate surface area is 99.4 Å². The van der Waals surface area contributed by atoms with Gasteiger partial charge in [-0.1, -0.05) is 32.6 Å². The van der Waals surface area contributed by atoms with E-state index < -0.39 is 0 Å². The van der Waals surface area contributed by atoms with Gasteiger partial charge in [-0.05, 0) is 32.3 Å². The topological polar surface area (TPSA) is 21.6 Å². The van der Waals surface area contributed by atoms with Crippen LogP contribution in [0.2, 0.25) is 0 Å². The van der Waals surface area contributed by atoms with Gasteiger partial charge in [-0.3, -0.25) is 0 Å². The van der Waals surface area contributed by atoms with E-state index in [-0.39, 0.29) is 0 Å². The zero-order valence-electron chi connectivity index (χ0n) is 11.1. The molecule has 0 amide bonds. The molecule has 0 saturated heterocycles. The number of methoxy groups -OCH3 is 1. The smallest absolute Gasteiger partial charge is 0.136 e. The van der Waals surface area contributed by atoms with Gasteiger partial charge in [-0.2, -0.15) is 0 Å². The van der Waals surface area contributed by atoms with Gasteiger partial charge in [-0.25, -0.2) is 4.99 Å². The zero-order valence-corrected chi connectivity index (χ0v) is 11.1. The molecule has 2 heteroatoms. The Bertz CT molecular complexity index is 322. The summed E-state index contributed by atoms with van der Waals surface area (Å²) in [6.45, 7) is 12.1. The Morgan fingerprint density at radius 1 is 1.19 bits per heavy atom. The standard InChI is InChI=1S/C14H23NO/c1-7-12(8-2)14(10-4)15-13(9-3)11(5)16-6/h7,9H,5,8,10H2,1-4,6H3/b12-7-,13-9-,15-14-. The Morgan fingerprint density at radius 2 is 1.81 bits per heavy atom. The molecular weight excluding hydrogens is 198 g/mol. The van der Waals surface area contributed by atoms with E-state index in [1.54, 1.807) is 7.11 Å². The van der Waals surface area contributed by atoms with Gasteiger partial charge >= 0.3 is 0 Å². The molecule has 0 rings (SSSR count). The van der Waals surface area contributed by atoms with Crippen LogP contribution in [0.1, 0.15) is 40.5 Å². The average Bonchev–Trinajstić information content (AvgIpc) is 2.33. The summed E-state index contributed by atoms with van der Waals surface area (Å²) in [5.74, 6) is 0.611. The molecule has 2 nitrogen and oxygen atoms in total. The third-order valence-corrected chi connectivity index (χ3v) is 2.50. The first-order valence-corrected chi connectivity index (χ1v) is 5.77. The fourth-order valence-corrected chi connectivity index (χ4v) is 1.49. The Morgan fingerprint density at radius 3 is 2.12 bits per heavy atom. The van der Waals surface area contributed by atoms with Crippen molar-refractivity contribution in [3.8, 4) is 0 Å². The summed E-state index contributed by atoms with van der Waals surface area (Å²) in [6.07, 6.45) is 5.96. The molecule has 0 heterocycles. The Balaban J connectivity index is 5.15. The normalized spacial score (nSPS) is 13.9. The SMILES string of the molecule is C=C(OC)C(=C/C)/N=C(CC)\C(=C/C)CC. The molecular formula is C14H23NO. The van der Waals surface area contributed by atoms with Gasteiger partial charge in [0.2, 0.25) is 0 Å². The number of rotatable bonds is 6. The highest BCUT2D eigenvalue weighted by Gasteiger charge is 2.05. The first kappa shape index (κ1) is 14.7. The van der Waals surface area contributed by atoms with Crippen LogP contribution in [-0.4, -0.2) is 12.8 Å². The lowest BCUT2D eigenvalue weighted by Crippen LogP contribution is -2.02. The molecule has 0 aliphatic carbocycles. The molecule has 0 aromatic carbocycles. The van der Waals surface area contributed by atoms with Crippen molar-refractivity contribution in [2.24, 2.45) is 4.99 Å². The fraction of sp³-hybridized carbons (Fsp3) is 0.500. The van der Waals surface area contributed by atoms with Gasteiger partial charge in [0.05, 0.1) is 7.11 Å². The van der Waals surface area contributed by atoms with Crippen LogP contribution < -0.4 is 0 Å². The molecule has 90 valence electrons. The number of hydrogen-bond acceptors (Lipinski definition) is 2. The monoisotopic (exact) mass is 221 g/mol. The lowest BCUT2D eigenvalue weighted by atomic mass is 10.1. The first-order chi connectivity index (χ1) is 7.64. The van der Waals surface area contributed by atoms with Crippen LogP contribution in [0.4, 0.5) is 0 Å². The second kappa shape index (κ2) is 7.91. The van der Waals surface area contributed by atoms with E-state index in [2.05, 4.69) is 31.5 Å². The quantitative estimate of drug-likeness (QED) is 0.373. The molecule has 0 radical (unpaired) electrons. The molecule has 0 unspecified atom stereocenters. The average molecular weight is 221 g/mol. The Kier molecular flexibility index (Phi) is 7.27. The minimum atomic E-state index is 0.611. The highest BCUT2D eigenvalue weighted by atomic mass is 16.5. The third-order valence-electron chi connectivity index (χ3n) is 2.50. The summed E-state index contributed by atoms with van der Waals surface area (Å²) in [4.78, 5) is 4.61. The number of aliphatic imine (C=N–C) groups is 1. The Hall–Kier alpha value is -1.31.